The number of benzene rings is 4. The van der Waals surface area contributed by atoms with Gasteiger partial charge in [0.15, 0.2) is 0 Å². The van der Waals surface area contributed by atoms with Crippen molar-refractivity contribution >= 4 is 5.69 Å². The van der Waals surface area contributed by atoms with E-state index in [-0.39, 0.29) is 17.6 Å². The average Bonchev–Trinajstić information content (AvgIpc) is 2.95. The molecule has 0 radical (unpaired) electrons. The van der Waals surface area contributed by atoms with E-state index in [1.54, 1.807) is 0 Å². The van der Waals surface area contributed by atoms with Crippen molar-refractivity contribution in [3.8, 4) is 5.75 Å². The quantitative estimate of drug-likeness (QED) is 0.226. The number of hydrogen-bond acceptors (Lipinski definition) is 4. The van der Waals surface area contributed by atoms with Crippen LogP contribution in [0, 0.1) is 6.92 Å². The van der Waals surface area contributed by atoms with E-state index < -0.39 is 5.60 Å². The first-order valence-electron chi connectivity index (χ1n) is 14.6. The molecular weight excluding hydrogens is 506 g/mol. The first-order valence-corrected chi connectivity index (χ1v) is 14.6. The number of fused-ring (bicyclic) bond motifs is 1. The van der Waals surface area contributed by atoms with Crippen molar-refractivity contribution in [1.82, 2.24) is 0 Å². The molecule has 0 fully saturated rings. The minimum absolute atomic E-state index is 0.115. The molecule has 4 aromatic carbocycles. The molecular formula is C37H43NO3. The van der Waals surface area contributed by atoms with Crippen molar-refractivity contribution in [2.24, 2.45) is 0 Å². The standard InChI is InChI=1S/C37H43NO3/c1-26-12-14-27(15-13-26)23-38-31-20-21-33-32(22-31)34(39-24-28-10-8-7-9-11-28)35(37(5,6)41-33)40-25-29-16-18-30(19-17-29)36(2,3)4/h7-22,34-35,38H,23-25H2,1-6H3. The number of anilines is 1. The second-order valence-corrected chi connectivity index (χ2v) is 12.7. The van der Waals surface area contributed by atoms with Crippen LogP contribution in [0.3, 0.4) is 0 Å². The monoisotopic (exact) mass is 549 g/mol. The van der Waals surface area contributed by atoms with E-state index in [2.05, 4.69) is 126 Å². The summed E-state index contributed by atoms with van der Waals surface area (Å²) >= 11 is 0. The van der Waals surface area contributed by atoms with Gasteiger partial charge in [-0.3, -0.25) is 0 Å². The maximum Gasteiger partial charge on any atom is 0.132 e. The molecule has 2 atom stereocenters. The Balaban J connectivity index is 1.40. The van der Waals surface area contributed by atoms with E-state index in [1.807, 2.05) is 18.2 Å². The lowest BCUT2D eigenvalue weighted by atomic mass is 9.86. The number of nitrogens with one attached hydrogen (secondary N) is 1. The maximum absolute atomic E-state index is 6.69. The fourth-order valence-corrected chi connectivity index (χ4v) is 5.27. The van der Waals surface area contributed by atoms with Crippen LogP contribution in [-0.4, -0.2) is 11.7 Å². The van der Waals surface area contributed by atoms with Crippen LogP contribution in [-0.2, 0) is 34.6 Å². The molecule has 214 valence electrons. The summed E-state index contributed by atoms with van der Waals surface area (Å²) in [6.45, 7) is 14.7. The van der Waals surface area contributed by atoms with Gasteiger partial charge < -0.3 is 19.5 Å². The van der Waals surface area contributed by atoms with Crippen molar-refractivity contribution in [3.05, 3.63) is 130 Å². The van der Waals surface area contributed by atoms with Gasteiger partial charge in [0.2, 0.25) is 0 Å². The SMILES string of the molecule is Cc1ccc(CNc2ccc3c(c2)C(OCc2ccccc2)C(OCc2ccc(C(C)(C)C)cc2)C(C)(C)O3)cc1. The Morgan fingerprint density at radius 3 is 2.07 bits per heavy atom. The van der Waals surface area contributed by atoms with Crippen molar-refractivity contribution in [2.75, 3.05) is 5.32 Å². The molecule has 4 aromatic rings. The predicted molar refractivity (Wildman–Crippen MR) is 167 cm³/mol. The number of hydrogen-bond donors (Lipinski definition) is 1. The lowest BCUT2D eigenvalue weighted by molar-refractivity contribution is -0.170. The summed E-state index contributed by atoms with van der Waals surface area (Å²) in [6.07, 6.45) is -0.614. The second kappa shape index (κ2) is 12.1. The zero-order chi connectivity index (χ0) is 29.0. The highest BCUT2D eigenvalue weighted by Crippen LogP contribution is 2.45. The largest absolute Gasteiger partial charge is 0.485 e. The van der Waals surface area contributed by atoms with E-state index in [0.29, 0.717) is 13.2 Å². The molecule has 41 heavy (non-hydrogen) atoms. The average molecular weight is 550 g/mol. The van der Waals surface area contributed by atoms with Crippen LogP contribution in [0.1, 0.15) is 74.1 Å². The number of ether oxygens (including phenoxy) is 3. The Morgan fingerprint density at radius 1 is 0.756 bits per heavy atom. The molecule has 1 N–H and O–H groups in total. The van der Waals surface area contributed by atoms with Gasteiger partial charge in [0, 0.05) is 17.8 Å². The van der Waals surface area contributed by atoms with Crippen molar-refractivity contribution < 1.29 is 14.2 Å². The van der Waals surface area contributed by atoms with Gasteiger partial charge in [-0.1, -0.05) is 105 Å². The third kappa shape index (κ3) is 7.19. The maximum atomic E-state index is 6.69. The van der Waals surface area contributed by atoms with Crippen LogP contribution in [0.25, 0.3) is 0 Å². The first kappa shape index (κ1) is 28.9. The third-order valence-corrected chi connectivity index (χ3v) is 7.79. The van der Waals surface area contributed by atoms with Crippen molar-refractivity contribution in [3.63, 3.8) is 0 Å². The summed E-state index contributed by atoms with van der Waals surface area (Å²) in [4.78, 5) is 0. The summed E-state index contributed by atoms with van der Waals surface area (Å²) in [5.41, 5.74) is 7.63. The molecule has 0 aromatic heterocycles. The fourth-order valence-electron chi connectivity index (χ4n) is 5.27. The highest BCUT2D eigenvalue weighted by molar-refractivity contribution is 5.54. The molecule has 0 aliphatic carbocycles. The third-order valence-electron chi connectivity index (χ3n) is 7.79. The smallest absolute Gasteiger partial charge is 0.132 e. The summed E-state index contributed by atoms with van der Waals surface area (Å²) in [5, 5.41) is 3.58. The van der Waals surface area contributed by atoms with Crippen LogP contribution < -0.4 is 10.1 Å². The molecule has 0 amide bonds. The highest BCUT2D eigenvalue weighted by atomic mass is 16.6. The van der Waals surface area contributed by atoms with Gasteiger partial charge in [-0.05, 0) is 66.6 Å². The molecule has 0 bridgehead atoms. The molecule has 0 saturated carbocycles. The van der Waals surface area contributed by atoms with Crippen molar-refractivity contribution in [1.29, 1.82) is 0 Å². The Hall–Kier alpha value is -3.60. The number of aryl methyl sites for hydroxylation is 1. The van der Waals surface area contributed by atoms with Crippen LogP contribution in [0.4, 0.5) is 5.69 Å². The van der Waals surface area contributed by atoms with E-state index in [1.165, 1.54) is 16.7 Å². The zero-order valence-corrected chi connectivity index (χ0v) is 25.2. The van der Waals surface area contributed by atoms with Gasteiger partial charge in [-0.2, -0.15) is 0 Å². The van der Waals surface area contributed by atoms with Crippen LogP contribution in [0.5, 0.6) is 5.75 Å². The summed E-state index contributed by atoms with van der Waals surface area (Å²) in [7, 11) is 0. The van der Waals surface area contributed by atoms with Gasteiger partial charge in [0.25, 0.3) is 0 Å². The minimum atomic E-state index is -0.587. The molecule has 1 heterocycles. The number of rotatable bonds is 9. The first-order chi connectivity index (χ1) is 19.6. The molecule has 0 spiro atoms. The molecule has 4 nitrogen and oxygen atoms in total. The summed E-state index contributed by atoms with van der Waals surface area (Å²) < 4.78 is 19.9. The molecule has 1 aliphatic heterocycles. The van der Waals surface area contributed by atoms with Crippen molar-refractivity contribution in [2.45, 2.75) is 84.5 Å². The molecule has 0 saturated heterocycles. The Bertz CT molecular complexity index is 1420. The zero-order valence-electron chi connectivity index (χ0n) is 25.2. The molecule has 2 unspecified atom stereocenters. The fraction of sp³-hybridized carbons (Fsp3) is 0.351. The second-order valence-electron chi connectivity index (χ2n) is 12.7. The van der Waals surface area contributed by atoms with Crippen LogP contribution in [0.2, 0.25) is 0 Å². The van der Waals surface area contributed by atoms with E-state index in [4.69, 9.17) is 14.2 Å². The van der Waals surface area contributed by atoms with E-state index in [9.17, 15) is 0 Å². The minimum Gasteiger partial charge on any atom is -0.485 e. The highest BCUT2D eigenvalue weighted by Gasteiger charge is 2.45. The Kier molecular flexibility index (Phi) is 8.53. The topological polar surface area (TPSA) is 39.7 Å². The van der Waals surface area contributed by atoms with Gasteiger partial charge in [0.05, 0.1) is 13.2 Å². The molecule has 4 heteroatoms. The van der Waals surface area contributed by atoms with Gasteiger partial charge >= 0.3 is 0 Å². The summed E-state index contributed by atoms with van der Waals surface area (Å²) in [5.74, 6) is 0.836. The van der Waals surface area contributed by atoms with Gasteiger partial charge in [-0.25, -0.2) is 0 Å². The van der Waals surface area contributed by atoms with Crippen LogP contribution >= 0.6 is 0 Å². The van der Waals surface area contributed by atoms with Crippen LogP contribution in [0.15, 0.2) is 97.1 Å². The van der Waals surface area contributed by atoms with Gasteiger partial charge in [-0.15, -0.1) is 0 Å². The predicted octanol–water partition coefficient (Wildman–Crippen LogP) is 8.92. The normalized spacial score (nSPS) is 17.9. The lowest BCUT2D eigenvalue weighted by Gasteiger charge is -2.44. The van der Waals surface area contributed by atoms with E-state index in [0.717, 1.165) is 34.7 Å². The molecule has 1 aliphatic rings. The Morgan fingerprint density at radius 2 is 1.39 bits per heavy atom. The Labute approximate surface area is 245 Å². The lowest BCUT2D eigenvalue weighted by Crippen LogP contribution is -2.50. The molecule has 5 rings (SSSR count). The summed E-state index contributed by atoms with van der Waals surface area (Å²) in [6, 6.07) is 33.9. The van der Waals surface area contributed by atoms with Gasteiger partial charge in [0.1, 0.15) is 23.6 Å². The van der Waals surface area contributed by atoms with E-state index >= 15 is 0 Å².